The lowest BCUT2D eigenvalue weighted by Gasteiger charge is -2.18. The first kappa shape index (κ1) is 20.7. The zero-order valence-corrected chi connectivity index (χ0v) is 17.2. The summed E-state index contributed by atoms with van der Waals surface area (Å²) < 4.78 is 26.5. The molecule has 3 aromatic rings. The topological polar surface area (TPSA) is 82.3 Å². The van der Waals surface area contributed by atoms with E-state index in [9.17, 15) is 13.5 Å². The van der Waals surface area contributed by atoms with Crippen molar-refractivity contribution in [3.63, 3.8) is 0 Å². The molecule has 7 heteroatoms. The fourth-order valence-corrected chi connectivity index (χ4v) is 4.38. The molecule has 0 aliphatic carbocycles. The molecule has 3 rings (SSSR count). The molecule has 1 N–H and O–H groups in total. The third-order valence-electron chi connectivity index (χ3n) is 4.54. The fourth-order valence-electron chi connectivity index (χ4n) is 2.92. The standard InChI is InChI=1S/C22H23N3O3S/c1-3-25(4-2)29(27,28)20-13-11-19(12-14-20)23-24-21-16-18(10-15-22(21)26)17-8-6-5-7-9-17/h5-16,26H,3-4H2,1-2H3. The molecule has 0 aromatic heterocycles. The van der Waals surface area contributed by atoms with Crippen LogP contribution in [0, 0.1) is 0 Å². The zero-order chi connectivity index (χ0) is 20.9. The Morgan fingerprint density at radius 2 is 1.48 bits per heavy atom. The van der Waals surface area contributed by atoms with Gasteiger partial charge in [0.05, 0.1) is 10.6 Å². The van der Waals surface area contributed by atoms with Gasteiger partial charge in [0.15, 0.2) is 0 Å². The van der Waals surface area contributed by atoms with E-state index in [1.807, 2.05) is 36.4 Å². The van der Waals surface area contributed by atoms with Gasteiger partial charge in [-0.25, -0.2) is 8.42 Å². The van der Waals surface area contributed by atoms with Crippen LogP contribution in [0.25, 0.3) is 11.1 Å². The van der Waals surface area contributed by atoms with Crippen molar-refractivity contribution in [1.29, 1.82) is 0 Å². The monoisotopic (exact) mass is 409 g/mol. The van der Waals surface area contributed by atoms with Crippen molar-refractivity contribution in [1.82, 2.24) is 4.31 Å². The third kappa shape index (κ3) is 4.70. The van der Waals surface area contributed by atoms with Gasteiger partial charge in [0.1, 0.15) is 11.4 Å². The van der Waals surface area contributed by atoms with Gasteiger partial charge in [-0.1, -0.05) is 50.2 Å². The molecule has 0 saturated heterocycles. The Balaban J connectivity index is 1.84. The van der Waals surface area contributed by atoms with Crippen molar-refractivity contribution >= 4 is 21.4 Å². The molecule has 0 amide bonds. The van der Waals surface area contributed by atoms with Crippen LogP contribution in [0.4, 0.5) is 11.4 Å². The lowest BCUT2D eigenvalue weighted by molar-refractivity contribution is 0.445. The first-order chi connectivity index (χ1) is 14.0. The third-order valence-corrected chi connectivity index (χ3v) is 6.60. The molecule has 150 valence electrons. The molecule has 0 saturated carbocycles. The fraction of sp³-hybridized carbons (Fsp3) is 0.182. The SMILES string of the molecule is CCN(CC)S(=O)(=O)c1ccc(N=Nc2cc(-c3ccccc3)ccc2O)cc1. The minimum Gasteiger partial charge on any atom is -0.506 e. The number of azo groups is 1. The van der Waals surface area contributed by atoms with Crippen molar-refractivity contribution < 1.29 is 13.5 Å². The van der Waals surface area contributed by atoms with Crippen LogP contribution < -0.4 is 0 Å². The second-order valence-corrected chi connectivity index (χ2v) is 8.29. The molecule has 0 fully saturated rings. The van der Waals surface area contributed by atoms with Gasteiger partial charge in [0.25, 0.3) is 0 Å². The van der Waals surface area contributed by atoms with Gasteiger partial charge in [-0.3, -0.25) is 0 Å². The predicted molar refractivity (Wildman–Crippen MR) is 114 cm³/mol. The van der Waals surface area contributed by atoms with E-state index >= 15 is 0 Å². The zero-order valence-electron chi connectivity index (χ0n) is 16.4. The molecule has 0 aliphatic heterocycles. The molecular formula is C22H23N3O3S. The minimum atomic E-state index is -3.51. The van der Waals surface area contributed by atoms with Gasteiger partial charge < -0.3 is 5.11 Å². The number of hydrogen-bond acceptors (Lipinski definition) is 5. The highest BCUT2D eigenvalue weighted by Crippen LogP contribution is 2.33. The Labute approximate surface area is 171 Å². The number of nitrogens with zero attached hydrogens (tertiary/aromatic N) is 3. The van der Waals surface area contributed by atoms with E-state index in [1.54, 1.807) is 38.1 Å². The van der Waals surface area contributed by atoms with E-state index in [4.69, 9.17) is 0 Å². The van der Waals surface area contributed by atoms with Crippen LogP contribution in [0.1, 0.15) is 13.8 Å². The smallest absolute Gasteiger partial charge is 0.243 e. The van der Waals surface area contributed by atoms with Crippen molar-refractivity contribution in [2.45, 2.75) is 18.7 Å². The predicted octanol–water partition coefficient (Wildman–Crippen LogP) is 5.51. The van der Waals surface area contributed by atoms with E-state index in [-0.39, 0.29) is 10.6 Å². The molecule has 3 aromatic carbocycles. The van der Waals surface area contributed by atoms with E-state index in [0.29, 0.717) is 24.5 Å². The Hall–Kier alpha value is -3.03. The van der Waals surface area contributed by atoms with E-state index < -0.39 is 10.0 Å². The maximum atomic E-state index is 12.5. The van der Waals surface area contributed by atoms with Gasteiger partial charge in [-0.15, -0.1) is 5.11 Å². The average molecular weight is 410 g/mol. The average Bonchev–Trinajstić information content (AvgIpc) is 2.75. The van der Waals surface area contributed by atoms with Gasteiger partial charge >= 0.3 is 0 Å². The summed E-state index contributed by atoms with van der Waals surface area (Å²) in [6.45, 7) is 4.44. The molecular weight excluding hydrogens is 386 g/mol. The second-order valence-electron chi connectivity index (χ2n) is 6.35. The highest BCUT2D eigenvalue weighted by Gasteiger charge is 2.21. The maximum Gasteiger partial charge on any atom is 0.243 e. The molecule has 6 nitrogen and oxygen atoms in total. The summed E-state index contributed by atoms with van der Waals surface area (Å²) >= 11 is 0. The van der Waals surface area contributed by atoms with Crippen LogP contribution in [-0.2, 0) is 10.0 Å². The number of sulfonamides is 1. The van der Waals surface area contributed by atoms with Crippen LogP contribution in [0.15, 0.2) is 87.9 Å². The van der Waals surface area contributed by atoms with Gasteiger partial charge in [0.2, 0.25) is 10.0 Å². The number of benzene rings is 3. The van der Waals surface area contributed by atoms with E-state index in [1.165, 1.54) is 16.4 Å². The lowest BCUT2D eigenvalue weighted by atomic mass is 10.1. The summed E-state index contributed by atoms with van der Waals surface area (Å²) in [5.74, 6) is 0.0224. The van der Waals surface area contributed by atoms with Crippen LogP contribution in [0.3, 0.4) is 0 Å². The van der Waals surface area contributed by atoms with E-state index in [0.717, 1.165) is 11.1 Å². The summed E-state index contributed by atoms with van der Waals surface area (Å²) in [5.41, 5.74) is 2.76. The quantitative estimate of drug-likeness (QED) is 0.523. The lowest BCUT2D eigenvalue weighted by Crippen LogP contribution is -2.30. The first-order valence-corrected chi connectivity index (χ1v) is 10.8. The molecule has 0 heterocycles. The Morgan fingerprint density at radius 3 is 2.10 bits per heavy atom. The van der Waals surface area contributed by atoms with Crippen LogP contribution in [0.2, 0.25) is 0 Å². The Kier molecular flexibility index (Phi) is 6.41. The number of phenolic OH excluding ortho intramolecular Hbond substituents is 1. The normalized spacial score (nSPS) is 12.0. The van der Waals surface area contributed by atoms with E-state index in [2.05, 4.69) is 10.2 Å². The molecule has 0 atom stereocenters. The molecule has 29 heavy (non-hydrogen) atoms. The molecule has 0 unspecified atom stereocenters. The van der Waals surface area contributed by atoms with Crippen molar-refractivity contribution in [3.05, 3.63) is 72.8 Å². The number of phenols is 1. The van der Waals surface area contributed by atoms with Crippen molar-refractivity contribution in [2.75, 3.05) is 13.1 Å². The van der Waals surface area contributed by atoms with Gasteiger partial charge in [-0.2, -0.15) is 9.42 Å². The van der Waals surface area contributed by atoms with Crippen LogP contribution in [0.5, 0.6) is 5.75 Å². The highest BCUT2D eigenvalue weighted by atomic mass is 32.2. The van der Waals surface area contributed by atoms with Gasteiger partial charge in [0, 0.05) is 13.1 Å². The summed E-state index contributed by atoms with van der Waals surface area (Å²) in [6.07, 6.45) is 0. The number of aromatic hydroxyl groups is 1. The summed E-state index contributed by atoms with van der Waals surface area (Å²) in [4.78, 5) is 0.217. The van der Waals surface area contributed by atoms with Crippen LogP contribution >= 0.6 is 0 Å². The summed E-state index contributed by atoms with van der Waals surface area (Å²) in [7, 11) is -3.51. The number of hydrogen-bond donors (Lipinski definition) is 1. The Morgan fingerprint density at radius 1 is 0.828 bits per heavy atom. The van der Waals surface area contributed by atoms with Crippen molar-refractivity contribution in [3.8, 4) is 16.9 Å². The largest absolute Gasteiger partial charge is 0.506 e. The maximum absolute atomic E-state index is 12.5. The summed E-state index contributed by atoms with van der Waals surface area (Å²) in [6, 6.07) is 21.1. The Bertz CT molecular complexity index is 1090. The number of rotatable bonds is 7. The highest BCUT2D eigenvalue weighted by molar-refractivity contribution is 7.89. The molecule has 0 spiro atoms. The van der Waals surface area contributed by atoms with Crippen LogP contribution in [-0.4, -0.2) is 30.9 Å². The molecule has 0 bridgehead atoms. The minimum absolute atomic E-state index is 0.0224. The van der Waals surface area contributed by atoms with Gasteiger partial charge in [-0.05, 0) is 47.5 Å². The second kappa shape index (κ2) is 8.98. The van der Waals surface area contributed by atoms with Crippen molar-refractivity contribution in [2.24, 2.45) is 10.2 Å². The molecule has 0 aliphatic rings. The molecule has 0 radical (unpaired) electrons. The summed E-state index contributed by atoms with van der Waals surface area (Å²) in [5, 5.41) is 18.4. The first-order valence-electron chi connectivity index (χ1n) is 9.36.